The first kappa shape index (κ1) is 13.4. The maximum Gasteiger partial charge on any atom is 0.323 e. The van der Waals surface area contributed by atoms with Crippen LogP contribution < -0.4 is 0 Å². The second-order valence-electron chi connectivity index (χ2n) is 6.80. The van der Waals surface area contributed by atoms with Crippen LogP contribution >= 0.6 is 0 Å². The maximum atomic E-state index is 11.4. The van der Waals surface area contributed by atoms with E-state index in [-0.39, 0.29) is 5.41 Å². The molecule has 4 aliphatic carbocycles. The van der Waals surface area contributed by atoms with Crippen LogP contribution in [0.15, 0.2) is 0 Å². The summed E-state index contributed by atoms with van der Waals surface area (Å²) < 4.78 is 35.0. The Balaban J connectivity index is 1.59. The molecule has 0 heterocycles. The van der Waals surface area contributed by atoms with Gasteiger partial charge in [-0.1, -0.05) is 0 Å². The quantitative estimate of drug-likeness (QED) is 0.628. The molecule has 0 radical (unpaired) electrons. The normalized spacial score (nSPS) is 40.4. The number of ether oxygens (including phenoxy) is 1. The van der Waals surface area contributed by atoms with E-state index in [9.17, 15) is 13.2 Å². The Morgan fingerprint density at radius 1 is 1.11 bits per heavy atom. The van der Waals surface area contributed by atoms with E-state index in [0.29, 0.717) is 6.61 Å². The van der Waals surface area contributed by atoms with Gasteiger partial charge in [0, 0.05) is 5.41 Å². The standard InChI is InChI=1S/C13H20O5S/c14-12(7-19(15,16)17)18-8-13-4-9-1-10(5-13)3-11(2-9)6-13/h9-11H,1-8H2,(H,15,16,17). The fourth-order valence-electron chi connectivity index (χ4n) is 4.89. The van der Waals surface area contributed by atoms with Crippen LogP contribution in [0.25, 0.3) is 0 Å². The maximum absolute atomic E-state index is 11.4. The van der Waals surface area contributed by atoms with Crippen LogP contribution in [0.3, 0.4) is 0 Å². The minimum absolute atomic E-state index is 0.0869. The summed E-state index contributed by atoms with van der Waals surface area (Å²) in [6, 6.07) is 0. The molecule has 108 valence electrons. The van der Waals surface area contributed by atoms with E-state index in [2.05, 4.69) is 0 Å². The Bertz CT molecular complexity index is 446. The summed E-state index contributed by atoms with van der Waals surface area (Å²) in [6.07, 6.45) is 7.28. The second-order valence-corrected chi connectivity index (χ2v) is 8.26. The summed E-state index contributed by atoms with van der Waals surface area (Å²) in [5.74, 6) is 0.544. The van der Waals surface area contributed by atoms with Crippen LogP contribution in [-0.4, -0.2) is 31.3 Å². The van der Waals surface area contributed by atoms with Crippen molar-refractivity contribution in [2.45, 2.75) is 38.5 Å². The molecule has 4 bridgehead atoms. The third-order valence-electron chi connectivity index (χ3n) is 5.00. The molecule has 0 spiro atoms. The van der Waals surface area contributed by atoms with Gasteiger partial charge in [-0.25, -0.2) is 0 Å². The minimum Gasteiger partial charge on any atom is -0.464 e. The topological polar surface area (TPSA) is 80.7 Å². The SMILES string of the molecule is O=C(CS(=O)(=O)O)OCC12CC3CC(CC(C3)C1)C2. The molecule has 0 amide bonds. The van der Waals surface area contributed by atoms with Crippen LogP contribution in [-0.2, 0) is 19.6 Å². The molecule has 0 aliphatic heterocycles. The molecule has 4 rings (SSSR count). The van der Waals surface area contributed by atoms with Gasteiger partial charge < -0.3 is 4.74 Å². The molecule has 4 fully saturated rings. The van der Waals surface area contributed by atoms with Gasteiger partial charge in [0.05, 0.1) is 6.61 Å². The van der Waals surface area contributed by atoms with Gasteiger partial charge in [0.15, 0.2) is 5.75 Å². The second kappa shape index (κ2) is 4.45. The zero-order valence-corrected chi connectivity index (χ0v) is 11.7. The van der Waals surface area contributed by atoms with Crippen molar-refractivity contribution in [3.8, 4) is 0 Å². The molecule has 0 aromatic rings. The highest BCUT2D eigenvalue weighted by Gasteiger charge is 2.51. The highest BCUT2D eigenvalue weighted by atomic mass is 32.2. The summed E-state index contributed by atoms with van der Waals surface area (Å²) in [6.45, 7) is 0.324. The Hall–Kier alpha value is -0.620. The summed E-state index contributed by atoms with van der Waals surface area (Å²) in [7, 11) is -4.28. The van der Waals surface area contributed by atoms with Crippen LogP contribution in [0.5, 0.6) is 0 Å². The van der Waals surface area contributed by atoms with E-state index in [4.69, 9.17) is 9.29 Å². The third-order valence-corrected chi connectivity index (χ3v) is 5.61. The van der Waals surface area contributed by atoms with Gasteiger partial charge in [-0.3, -0.25) is 9.35 Å². The number of hydrogen-bond donors (Lipinski definition) is 1. The summed E-state index contributed by atoms with van der Waals surface area (Å²) in [5.41, 5.74) is 0.0869. The molecular formula is C13H20O5S. The first-order valence-corrected chi connectivity index (χ1v) is 8.55. The lowest BCUT2D eigenvalue weighted by atomic mass is 9.50. The average Bonchev–Trinajstić information content (AvgIpc) is 2.22. The summed E-state index contributed by atoms with van der Waals surface area (Å²) >= 11 is 0. The van der Waals surface area contributed by atoms with Crippen LogP contribution in [0, 0.1) is 23.2 Å². The van der Waals surface area contributed by atoms with E-state index >= 15 is 0 Å². The fourth-order valence-corrected chi connectivity index (χ4v) is 5.27. The highest BCUT2D eigenvalue weighted by Crippen LogP contribution is 2.60. The summed E-state index contributed by atoms with van der Waals surface area (Å²) in [5, 5.41) is 0. The largest absolute Gasteiger partial charge is 0.464 e. The van der Waals surface area contributed by atoms with Gasteiger partial charge in [0.1, 0.15) is 0 Å². The van der Waals surface area contributed by atoms with Gasteiger partial charge in [-0.05, 0) is 56.3 Å². The van der Waals surface area contributed by atoms with E-state index in [1.165, 1.54) is 19.3 Å². The van der Waals surface area contributed by atoms with Gasteiger partial charge in [0.2, 0.25) is 0 Å². The van der Waals surface area contributed by atoms with Crippen molar-refractivity contribution in [1.82, 2.24) is 0 Å². The third kappa shape index (κ3) is 2.94. The zero-order chi connectivity index (χ0) is 13.7. The lowest BCUT2D eigenvalue weighted by molar-refractivity contribution is -0.152. The molecule has 0 unspecified atom stereocenters. The van der Waals surface area contributed by atoms with Crippen molar-refractivity contribution in [3.05, 3.63) is 0 Å². The van der Waals surface area contributed by atoms with Crippen LogP contribution in [0.4, 0.5) is 0 Å². The van der Waals surface area contributed by atoms with Gasteiger partial charge in [-0.2, -0.15) is 8.42 Å². The number of carbonyl (C=O) groups is 1. The van der Waals surface area contributed by atoms with Gasteiger partial charge in [0.25, 0.3) is 10.1 Å². The van der Waals surface area contributed by atoms with Crippen LogP contribution in [0.1, 0.15) is 38.5 Å². The number of carbonyl (C=O) groups excluding carboxylic acids is 1. The van der Waals surface area contributed by atoms with Crippen molar-refractivity contribution in [1.29, 1.82) is 0 Å². The van der Waals surface area contributed by atoms with Gasteiger partial charge in [-0.15, -0.1) is 0 Å². The Kier molecular flexibility index (Phi) is 3.13. The molecule has 0 atom stereocenters. The molecule has 19 heavy (non-hydrogen) atoms. The number of esters is 1. The Morgan fingerprint density at radius 2 is 1.58 bits per heavy atom. The van der Waals surface area contributed by atoms with E-state index in [1.54, 1.807) is 0 Å². The van der Waals surface area contributed by atoms with Crippen molar-refractivity contribution < 1.29 is 22.5 Å². The molecule has 5 nitrogen and oxygen atoms in total. The van der Waals surface area contributed by atoms with E-state index in [1.807, 2.05) is 0 Å². The first-order chi connectivity index (χ1) is 8.84. The zero-order valence-electron chi connectivity index (χ0n) is 10.9. The predicted octanol–water partition coefficient (Wildman–Crippen LogP) is 1.63. The molecule has 0 saturated heterocycles. The molecule has 0 aromatic heterocycles. The minimum atomic E-state index is -4.28. The average molecular weight is 288 g/mol. The molecule has 4 aliphatic rings. The van der Waals surface area contributed by atoms with Crippen molar-refractivity contribution in [2.24, 2.45) is 23.2 Å². The van der Waals surface area contributed by atoms with Gasteiger partial charge >= 0.3 is 5.97 Å². The van der Waals surface area contributed by atoms with E-state index in [0.717, 1.165) is 37.0 Å². The molecule has 0 aromatic carbocycles. The van der Waals surface area contributed by atoms with Crippen molar-refractivity contribution in [2.75, 3.05) is 12.4 Å². The van der Waals surface area contributed by atoms with Crippen molar-refractivity contribution in [3.63, 3.8) is 0 Å². The molecule has 4 saturated carbocycles. The highest BCUT2D eigenvalue weighted by molar-refractivity contribution is 7.86. The lowest BCUT2D eigenvalue weighted by Gasteiger charge is -2.56. The Labute approximate surface area is 113 Å². The lowest BCUT2D eigenvalue weighted by Crippen LogP contribution is -2.48. The molecule has 6 heteroatoms. The van der Waals surface area contributed by atoms with E-state index < -0.39 is 21.8 Å². The summed E-state index contributed by atoms with van der Waals surface area (Å²) in [4.78, 5) is 11.4. The number of hydrogen-bond acceptors (Lipinski definition) is 4. The number of rotatable bonds is 4. The fraction of sp³-hybridized carbons (Fsp3) is 0.923. The monoisotopic (exact) mass is 288 g/mol. The molecule has 1 N–H and O–H groups in total. The molecular weight excluding hydrogens is 268 g/mol. The first-order valence-electron chi connectivity index (χ1n) is 6.94. The van der Waals surface area contributed by atoms with Crippen LogP contribution in [0.2, 0.25) is 0 Å². The predicted molar refractivity (Wildman–Crippen MR) is 68.0 cm³/mol. The van der Waals surface area contributed by atoms with Crippen molar-refractivity contribution >= 4 is 16.1 Å². The Morgan fingerprint density at radius 3 is 2.00 bits per heavy atom. The smallest absolute Gasteiger partial charge is 0.323 e.